The Kier molecular flexibility index (Phi) is 16.0. The van der Waals surface area contributed by atoms with Crippen LogP contribution in [0.5, 0.6) is 0 Å². The van der Waals surface area contributed by atoms with Crippen LogP contribution in [0.2, 0.25) is 0 Å². The molecule has 0 aliphatic heterocycles. The first-order valence-electron chi connectivity index (χ1n) is 13.5. The first kappa shape index (κ1) is 28.8. The van der Waals surface area contributed by atoms with E-state index < -0.39 is 0 Å². The van der Waals surface area contributed by atoms with Gasteiger partial charge in [0.25, 0.3) is 0 Å². The van der Waals surface area contributed by atoms with Crippen LogP contribution >= 0.6 is 11.8 Å². The van der Waals surface area contributed by atoms with E-state index in [1.807, 2.05) is 0 Å². The molecular formula is C28H46O5S. The van der Waals surface area contributed by atoms with Crippen LogP contribution in [-0.2, 0) is 25.7 Å². The van der Waals surface area contributed by atoms with Gasteiger partial charge < -0.3 is 13.9 Å². The quantitative estimate of drug-likeness (QED) is 0.219. The van der Waals surface area contributed by atoms with Gasteiger partial charge in [-0.3, -0.25) is 9.59 Å². The van der Waals surface area contributed by atoms with Crippen molar-refractivity contribution in [2.45, 2.75) is 110 Å². The number of carbonyl (C=O) groups is 2. The van der Waals surface area contributed by atoms with E-state index in [0.717, 1.165) is 24.5 Å². The highest BCUT2D eigenvalue weighted by Gasteiger charge is 2.12. The van der Waals surface area contributed by atoms with Crippen molar-refractivity contribution in [2.24, 2.45) is 11.8 Å². The van der Waals surface area contributed by atoms with Crippen molar-refractivity contribution in [2.75, 3.05) is 18.1 Å². The maximum Gasteiger partial charge on any atom is 0.307 e. The lowest BCUT2D eigenvalue weighted by atomic mass is 9.91. The van der Waals surface area contributed by atoms with Crippen LogP contribution in [0.1, 0.15) is 109 Å². The normalized spacial score (nSPS) is 20.5. The molecule has 2 unspecified atom stereocenters. The van der Waals surface area contributed by atoms with Gasteiger partial charge in [0.15, 0.2) is 0 Å². The molecule has 0 saturated heterocycles. The average molecular weight is 495 g/mol. The Morgan fingerprint density at radius 1 is 0.912 bits per heavy atom. The zero-order valence-corrected chi connectivity index (χ0v) is 22.1. The van der Waals surface area contributed by atoms with Crippen molar-refractivity contribution in [1.82, 2.24) is 0 Å². The number of rotatable bonds is 12. The fourth-order valence-electron chi connectivity index (χ4n) is 4.57. The third kappa shape index (κ3) is 14.7. The lowest BCUT2D eigenvalue weighted by Crippen LogP contribution is -2.11. The number of esters is 2. The smallest absolute Gasteiger partial charge is 0.307 e. The zero-order chi connectivity index (χ0) is 24.3. The fourth-order valence-corrected chi connectivity index (χ4v) is 5.43. The molecule has 5 nitrogen and oxygen atoms in total. The molecule has 194 valence electrons. The summed E-state index contributed by atoms with van der Waals surface area (Å²) in [7, 11) is 0. The molecule has 1 heterocycles. The lowest BCUT2D eigenvalue weighted by molar-refractivity contribution is -0.145. The van der Waals surface area contributed by atoms with Gasteiger partial charge in [-0.1, -0.05) is 77.6 Å². The molecular weight excluding hydrogens is 448 g/mol. The van der Waals surface area contributed by atoms with Gasteiger partial charge in [-0.2, -0.15) is 11.8 Å². The van der Waals surface area contributed by atoms with E-state index in [2.05, 4.69) is 6.92 Å². The molecule has 2 atom stereocenters. The summed E-state index contributed by atoms with van der Waals surface area (Å²) >= 11 is 1.67. The van der Waals surface area contributed by atoms with Gasteiger partial charge in [-0.15, -0.1) is 0 Å². The molecule has 0 radical (unpaired) electrons. The summed E-state index contributed by atoms with van der Waals surface area (Å²) in [6.07, 6.45) is 19.0. The molecule has 1 saturated carbocycles. The van der Waals surface area contributed by atoms with Crippen molar-refractivity contribution >= 4 is 23.7 Å². The highest BCUT2D eigenvalue weighted by atomic mass is 32.2. The van der Waals surface area contributed by atoms with Gasteiger partial charge in [-0.25, -0.2) is 0 Å². The highest BCUT2D eigenvalue weighted by molar-refractivity contribution is 7.99. The summed E-state index contributed by atoms with van der Waals surface area (Å²) in [4.78, 5) is 23.8. The van der Waals surface area contributed by atoms with E-state index in [1.54, 1.807) is 30.2 Å². The van der Waals surface area contributed by atoms with Crippen LogP contribution in [0.15, 0.2) is 22.8 Å². The minimum atomic E-state index is -0.222. The summed E-state index contributed by atoms with van der Waals surface area (Å²) in [5.74, 6) is 3.47. The van der Waals surface area contributed by atoms with Gasteiger partial charge in [0.05, 0.1) is 19.3 Å². The highest BCUT2D eigenvalue weighted by Crippen LogP contribution is 2.25. The Morgan fingerprint density at radius 3 is 2.35 bits per heavy atom. The number of carbonyl (C=O) groups excluding carboxylic acids is 2. The van der Waals surface area contributed by atoms with Crippen LogP contribution in [0.3, 0.4) is 0 Å². The standard InChI is InChI=1S/C28H46O5S/c1-24-11-5-3-2-4-6-13-25(14-8-7-12-24)17-20-32-27(29)16-10-21-34-22-18-28(30)33-23-26-15-9-19-31-26/h9,15,19,24-25H,2-8,10-14,16-18,20-23H2,1H3. The molecule has 1 aliphatic rings. The summed E-state index contributed by atoms with van der Waals surface area (Å²) < 4.78 is 15.8. The molecule has 2 rings (SSSR count). The topological polar surface area (TPSA) is 65.7 Å². The van der Waals surface area contributed by atoms with Gasteiger partial charge >= 0.3 is 11.9 Å². The van der Waals surface area contributed by atoms with E-state index in [9.17, 15) is 9.59 Å². The largest absolute Gasteiger partial charge is 0.466 e. The summed E-state index contributed by atoms with van der Waals surface area (Å²) in [6.45, 7) is 3.16. The minimum absolute atomic E-state index is 0.0862. The first-order valence-corrected chi connectivity index (χ1v) is 14.7. The zero-order valence-electron chi connectivity index (χ0n) is 21.3. The van der Waals surface area contributed by atoms with Crippen molar-refractivity contribution in [3.8, 4) is 0 Å². The van der Waals surface area contributed by atoms with Gasteiger partial charge in [-0.05, 0) is 42.6 Å². The van der Waals surface area contributed by atoms with Gasteiger partial charge in [0.2, 0.25) is 0 Å². The number of thioether (sulfide) groups is 1. The number of hydrogen-bond acceptors (Lipinski definition) is 6. The van der Waals surface area contributed by atoms with Crippen LogP contribution in [0.4, 0.5) is 0 Å². The molecule has 0 N–H and O–H groups in total. The molecule has 1 fully saturated rings. The summed E-state index contributed by atoms with van der Waals surface area (Å²) in [5, 5.41) is 0. The van der Waals surface area contributed by atoms with Crippen LogP contribution in [0.25, 0.3) is 0 Å². The Bertz CT molecular complexity index is 645. The predicted octanol–water partition coefficient (Wildman–Crippen LogP) is 7.72. The molecule has 6 heteroatoms. The SMILES string of the molecule is CC1CCCCCCCC(CCOC(=O)CCCSCCC(=O)OCc2ccco2)CCCC1. The van der Waals surface area contributed by atoms with E-state index in [1.165, 1.54) is 70.6 Å². The van der Waals surface area contributed by atoms with E-state index in [-0.39, 0.29) is 18.5 Å². The predicted molar refractivity (Wildman–Crippen MR) is 139 cm³/mol. The molecule has 0 bridgehead atoms. The molecule has 0 amide bonds. The van der Waals surface area contributed by atoms with Crippen LogP contribution in [-0.4, -0.2) is 30.1 Å². The Morgan fingerprint density at radius 2 is 1.59 bits per heavy atom. The Balaban J connectivity index is 1.47. The summed E-state index contributed by atoms with van der Waals surface area (Å²) in [5.41, 5.74) is 0. The minimum Gasteiger partial charge on any atom is -0.466 e. The maximum absolute atomic E-state index is 12.1. The fraction of sp³-hybridized carbons (Fsp3) is 0.786. The van der Waals surface area contributed by atoms with Crippen LogP contribution < -0.4 is 0 Å². The Labute approximate surface area is 211 Å². The monoisotopic (exact) mass is 494 g/mol. The number of hydrogen-bond donors (Lipinski definition) is 0. The van der Waals surface area contributed by atoms with E-state index >= 15 is 0 Å². The Hall–Kier alpha value is -1.43. The third-order valence-corrected chi connectivity index (χ3v) is 7.80. The second-order valence-corrected chi connectivity index (χ2v) is 11.0. The van der Waals surface area contributed by atoms with Crippen LogP contribution in [0, 0.1) is 11.8 Å². The molecule has 34 heavy (non-hydrogen) atoms. The first-order chi connectivity index (χ1) is 16.6. The lowest BCUT2D eigenvalue weighted by Gasteiger charge is -2.17. The molecule has 1 aliphatic carbocycles. The van der Waals surface area contributed by atoms with Crippen molar-refractivity contribution in [1.29, 1.82) is 0 Å². The average Bonchev–Trinajstić information content (AvgIpc) is 3.35. The molecule has 0 spiro atoms. The molecule has 1 aromatic heterocycles. The van der Waals surface area contributed by atoms with Gasteiger partial charge in [0.1, 0.15) is 12.4 Å². The van der Waals surface area contributed by atoms with Crippen molar-refractivity contribution < 1.29 is 23.5 Å². The van der Waals surface area contributed by atoms with Crippen molar-refractivity contribution in [3.05, 3.63) is 24.2 Å². The van der Waals surface area contributed by atoms with Gasteiger partial charge in [0, 0.05) is 12.2 Å². The third-order valence-electron chi connectivity index (χ3n) is 6.73. The summed E-state index contributed by atoms with van der Waals surface area (Å²) in [6, 6.07) is 3.55. The van der Waals surface area contributed by atoms with Crippen molar-refractivity contribution in [3.63, 3.8) is 0 Å². The second kappa shape index (κ2) is 18.8. The van der Waals surface area contributed by atoms with E-state index in [0.29, 0.717) is 36.9 Å². The second-order valence-electron chi connectivity index (χ2n) is 9.82. The maximum atomic E-state index is 12.1. The molecule has 0 aromatic carbocycles. The van der Waals surface area contributed by atoms with E-state index in [4.69, 9.17) is 13.9 Å². The number of ether oxygens (including phenoxy) is 2. The number of furan rings is 1. The molecule has 1 aromatic rings.